The number of para-hydroxylation sites is 1. The maximum atomic E-state index is 5.95. The van der Waals surface area contributed by atoms with Crippen molar-refractivity contribution in [1.82, 2.24) is 10.6 Å². The fourth-order valence-electron chi connectivity index (χ4n) is 2.15. The number of hydrogen-bond donors (Lipinski definition) is 2. The van der Waals surface area contributed by atoms with Gasteiger partial charge in [0.1, 0.15) is 12.4 Å². The highest BCUT2D eigenvalue weighted by atomic mass is 35.5. The second-order valence-corrected chi connectivity index (χ2v) is 5.59. The Bertz CT molecular complexity index is 557. The van der Waals surface area contributed by atoms with Gasteiger partial charge in [-0.05, 0) is 50.3 Å². The lowest BCUT2D eigenvalue weighted by Gasteiger charge is -2.12. The summed E-state index contributed by atoms with van der Waals surface area (Å²) in [6.45, 7) is 3.39. The van der Waals surface area contributed by atoms with Crippen LogP contribution < -0.4 is 15.4 Å². The number of benzene rings is 2. The molecular weight excluding hydrogens is 296 g/mol. The number of rotatable bonds is 9. The van der Waals surface area contributed by atoms with Crippen LogP contribution in [0.25, 0.3) is 0 Å². The van der Waals surface area contributed by atoms with E-state index in [1.54, 1.807) is 0 Å². The van der Waals surface area contributed by atoms with Gasteiger partial charge >= 0.3 is 0 Å². The van der Waals surface area contributed by atoms with Crippen LogP contribution in [0.4, 0.5) is 0 Å². The third-order valence-corrected chi connectivity index (χ3v) is 3.63. The molecular formula is C18H23ClN2O. The predicted molar refractivity (Wildman–Crippen MR) is 92.5 cm³/mol. The number of halogens is 1. The van der Waals surface area contributed by atoms with E-state index in [0.29, 0.717) is 6.61 Å². The number of nitrogens with one attached hydrogen (secondary N) is 2. The average molecular weight is 319 g/mol. The molecule has 2 aromatic rings. The van der Waals surface area contributed by atoms with Crippen LogP contribution in [0.15, 0.2) is 48.5 Å². The van der Waals surface area contributed by atoms with Gasteiger partial charge in [-0.3, -0.25) is 0 Å². The number of hydrogen-bond acceptors (Lipinski definition) is 3. The molecule has 0 atom stereocenters. The van der Waals surface area contributed by atoms with E-state index in [9.17, 15) is 0 Å². The molecule has 2 rings (SSSR count). The van der Waals surface area contributed by atoms with Crippen molar-refractivity contribution >= 4 is 11.6 Å². The second kappa shape index (κ2) is 9.46. The Hall–Kier alpha value is -1.55. The first-order valence-corrected chi connectivity index (χ1v) is 7.98. The summed E-state index contributed by atoms with van der Waals surface area (Å²) < 4.78 is 5.95. The van der Waals surface area contributed by atoms with Crippen molar-refractivity contribution in [1.29, 1.82) is 0 Å². The molecule has 0 radical (unpaired) electrons. The SMILES string of the molecule is CNCCCNCc1ccccc1OCc1ccc(Cl)cc1. The Labute approximate surface area is 137 Å². The first kappa shape index (κ1) is 16.8. The Balaban J connectivity index is 1.86. The molecule has 0 spiro atoms. The molecule has 0 heterocycles. The molecule has 0 aliphatic carbocycles. The molecule has 118 valence electrons. The van der Waals surface area contributed by atoms with Crippen LogP contribution in [0.2, 0.25) is 5.02 Å². The van der Waals surface area contributed by atoms with Gasteiger partial charge in [-0.15, -0.1) is 0 Å². The van der Waals surface area contributed by atoms with E-state index in [4.69, 9.17) is 16.3 Å². The van der Waals surface area contributed by atoms with Gasteiger partial charge in [0.05, 0.1) is 0 Å². The molecule has 3 nitrogen and oxygen atoms in total. The molecule has 0 amide bonds. The first-order valence-electron chi connectivity index (χ1n) is 7.60. The monoisotopic (exact) mass is 318 g/mol. The van der Waals surface area contributed by atoms with Crippen molar-refractivity contribution in [2.45, 2.75) is 19.6 Å². The third kappa shape index (κ3) is 5.68. The van der Waals surface area contributed by atoms with Crippen molar-refractivity contribution in [3.8, 4) is 5.75 Å². The lowest BCUT2D eigenvalue weighted by Crippen LogP contribution is -2.19. The fraction of sp³-hybridized carbons (Fsp3) is 0.333. The number of ether oxygens (including phenoxy) is 1. The van der Waals surface area contributed by atoms with Crippen molar-refractivity contribution in [3.05, 3.63) is 64.7 Å². The topological polar surface area (TPSA) is 33.3 Å². The van der Waals surface area contributed by atoms with E-state index >= 15 is 0 Å². The standard InChI is InChI=1S/C18H23ClN2O/c1-20-11-4-12-21-13-16-5-2-3-6-18(16)22-14-15-7-9-17(19)10-8-15/h2-3,5-10,20-21H,4,11-14H2,1H3. The van der Waals surface area contributed by atoms with E-state index in [-0.39, 0.29) is 0 Å². The minimum absolute atomic E-state index is 0.550. The molecule has 4 heteroatoms. The zero-order valence-corrected chi connectivity index (χ0v) is 13.7. The van der Waals surface area contributed by atoms with E-state index in [1.807, 2.05) is 49.5 Å². The molecule has 0 unspecified atom stereocenters. The van der Waals surface area contributed by atoms with Crippen LogP contribution in [-0.2, 0) is 13.2 Å². The fourth-order valence-corrected chi connectivity index (χ4v) is 2.27. The lowest BCUT2D eigenvalue weighted by molar-refractivity contribution is 0.302. The van der Waals surface area contributed by atoms with Crippen LogP contribution in [0, 0.1) is 0 Å². The quantitative estimate of drug-likeness (QED) is 0.693. The third-order valence-electron chi connectivity index (χ3n) is 3.38. The van der Waals surface area contributed by atoms with E-state index in [2.05, 4.69) is 16.7 Å². The molecule has 22 heavy (non-hydrogen) atoms. The summed E-state index contributed by atoms with van der Waals surface area (Å²) in [4.78, 5) is 0. The summed E-state index contributed by atoms with van der Waals surface area (Å²) in [6.07, 6.45) is 1.12. The van der Waals surface area contributed by atoms with Gasteiger partial charge in [0.25, 0.3) is 0 Å². The van der Waals surface area contributed by atoms with Crippen molar-refractivity contribution in [3.63, 3.8) is 0 Å². The molecule has 0 aliphatic heterocycles. The van der Waals surface area contributed by atoms with Gasteiger partial charge in [-0.25, -0.2) is 0 Å². The highest BCUT2D eigenvalue weighted by Crippen LogP contribution is 2.19. The summed E-state index contributed by atoms with van der Waals surface area (Å²) in [7, 11) is 1.97. The van der Waals surface area contributed by atoms with Crippen molar-refractivity contribution < 1.29 is 4.74 Å². The zero-order valence-electron chi connectivity index (χ0n) is 12.9. The van der Waals surface area contributed by atoms with Gasteiger partial charge in [0.15, 0.2) is 0 Å². The van der Waals surface area contributed by atoms with Crippen LogP contribution in [0.5, 0.6) is 5.75 Å². The molecule has 0 saturated carbocycles. The van der Waals surface area contributed by atoms with Crippen LogP contribution in [0.3, 0.4) is 0 Å². The van der Waals surface area contributed by atoms with Gasteiger partial charge in [-0.1, -0.05) is 41.9 Å². The molecule has 0 aromatic heterocycles. The Kier molecular flexibility index (Phi) is 7.23. The van der Waals surface area contributed by atoms with Crippen LogP contribution in [0.1, 0.15) is 17.5 Å². The van der Waals surface area contributed by atoms with E-state index in [1.165, 1.54) is 5.56 Å². The largest absolute Gasteiger partial charge is 0.489 e. The molecule has 0 saturated heterocycles. The smallest absolute Gasteiger partial charge is 0.124 e. The minimum atomic E-state index is 0.550. The predicted octanol–water partition coefficient (Wildman–Crippen LogP) is 3.62. The molecule has 0 bridgehead atoms. The van der Waals surface area contributed by atoms with Gasteiger partial charge in [-0.2, -0.15) is 0 Å². The normalized spacial score (nSPS) is 10.6. The van der Waals surface area contributed by atoms with Crippen LogP contribution in [-0.4, -0.2) is 20.1 Å². The maximum Gasteiger partial charge on any atom is 0.124 e. The molecule has 0 fully saturated rings. The summed E-state index contributed by atoms with van der Waals surface area (Å²) >= 11 is 5.89. The molecule has 2 aromatic carbocycles. The van der Waals surface area contributed by atoms with Crippen LogP contribution >= 0.6 is 11.6 Å². The minimum Gasteiger partial charge on any atom is -0.489 e. The highest BCUT2D eigenvalue weighted by Gasteiger charge is 2.03. The van der Waals surface area contributed by atoms with Gasteiger partial charge < -0.3 is 15.4 Å². The second-order valence-electron chi connectivity index (χ2n) is 5.16. The maximum absolute atomic E-state index is 5.95. The Morgan fingerprint density at radius 3 is 2.55 bits per heavy atom. The molecule has 2 N–H and O–H groups in total. The lowest BCUT2D eigenvalue weighted by atomic mass is 10.2. The summed E-state index contributed by atoms with van der Waals surface area (Å²) in [5.74, 6) is 0.929. The summed E-state index contributed by atoms with van der Waals surface area (Å²) in [5, 5.41) is 7.34. The summed E-state index contributed by atoms with van der Waals surface area (Å²) in [6, 6.07) is 15.9. The molecule has 0 aliphatic rings. The van der Waals surface area contributed by atoms with E-state index in [0.717, 1.165) is 42.4 Å². The Morgan fingerprint density at radius 2 is 1.77 bits per heavy atom. The zero-order chi connectivity index (χ0) is 15.6. The summed E-state index contributed by atoms with van der Waals surface area (Å²) in [5.41, 5.74) is 2.29. The Morgan fingerprint density at radius 1 is 1.00 bits per heavy atom. The highest BCUT2D eigenvalue weighted by molar-refractivity contribution is 6.30. The average Bonchev–Trinajstić information content (AvgIpc) is 2.55. The van der Waals surface area contributed by atoms with Crippen molar-refractivity contribution in [2.24, 2.45) is 0 Å². The first-order chi connectivity index (χ1) is 10.8. The van der Waals surface area contributed by atoms with Crippen molar-refractivity contribution in [2.75, 3.05) is 20.1 Å². The van der Waals surface area contributed by atoms with Gasteiger partial charge in [0.2, 0.25) is 0 Å². The van der Waals surface area contributed by atoms with Gasteiger partial charge in [0, 0.05) is 17.1 Å². The van der Waals surface area contributed by atoms with E-state index < -0.39 is 0 Å².